The standard InChI is InChI=1S/C24H19ClN2O4S2/c1-2-27-22(16-32-24(27)26-33(29,30)21-14-10-19(25)11-15-21)17-8-12-20(13-9-17)31-23(28)18-6-4-3-5-7-18/h3-16H,2H2,1H3/b26-24+. The maximum atomic E-state index is 12.7. The average Bonchev–Trinajstić information content (AvgIpc) is 3.22. The van der Waals surface area contributed by atoms with Gasteiger partial charge in [-0.05, 0) is 73.2 Å². The predicted molar refractivity (Wildman–Crippen MR) is 129 cm³/mol. The molecule has 0 aliphatic carbocycles. The summed E-state index contributed by atoms with van der Waals surface area (Å²) in [5.41, 5.74) is 2.13. The lowest BCUT2D eigenvalue weighted by Gasteiger charge is -2.08. The second-order valence-electron chi connectivity index (χ2n) is 6.95. The highest BCUT2D eigenvalue weighted by atomic mass is 35.5. The molecule has 0 radical (unpaired) electrons. The van der Waals surface area contributed by atoms with E-state index < -0.39 is 16.0 Å². The first kappa shape index (κ1) is 23.0. The van der Waals surface area contributed by atoms with Gasteiger partial charge in [-0.25, -0.2) is 4.79 Å². The van der Waals surface area contributed by atoms with Crippen LogP contribution < -0.4 is 9.54 Å². The van der Waals surface area contributed by atoms with Crippen molar-refractivity contribution in [1.29, 1.82) is 0 Å². The highest BCUT2D eigenvalue weighted by Crippen LogP contribution is 2.24. The van der Waals surface area contributed by atoms with Crippen molar-refractivity contribution in [3.8, 4) is 17.0 Å². The molecule has 0 spiro atoms. The van der Waals surface area contributed by atoms with E-state index in [9.17, 15) is 13.2 Å². The van der Waals surface area contributed by atoms with Gasteiger partial charge in [0, 0.05) is 16.9 Å². The van der Waals surface area contributed by atoms with Crippen molar-refractivity contribution in [3.63, 3.8) is 0 Å². The van der Waals surface area contributed by atoms with Crippen LogP contribution in [-0.4, -0.2) is 19.0 Å². The van der Waals surface area contributed by atoms with Crippen molar-refractivity contribution in [1.82, 2.24) is 4.57 Å². The molecule has 0 saturated heterocycles. The van der Waals surface area contributed by atoms with Crippen LogP contribution in [0.4, 0.5) is 0 Å². The number of carbonyl (C=O) groups excluding carboxylic acids is 1. The molecule has 0 saturated carbocycles. The number of halogens is 1. The molecule has 6 nitrogen and oxygen atoms in total. The van der Waals surface area contributed by atoms with Gasteiger partial charge in [0.2, 0.25) is 4.80 Å². The van der Waals surface area contributed by atoms with E-state index in [4.69, 9.17) is 16.3 Å². The number of nitrogens with zero attached hydrogens (tertiary/aromatic N) is 2. The molecule has 0 unspecified atom stereocenters. The van der Waals surface area contributed by atoms with E-state index in [2.05, 4.69) is 4.40 Å². The van der Waals surface area contributed by atoms with Crippen LogP contribution in [0.1, 0.15) is 17.3 Å². The van der Waals surface area contributed by atoms with E-state index in [0.717, 1.165) is 11.3 Å². The topological polar surface area (TPSA) is 77.7 Å². The minimum Gasteiger partial charge on any atom is -0.423 e. The molecule has 3 aromatic carbocycles. The minimum absolute atomic E-state index is 0.0779. The Bertz CT molecular complexity index is 1440. The smallest absolute Gasteiger partial charge is 0.343 e. The third-order valence-electron chi connectivity index (χ3n) is 4.79. The Morgan fingerprint density at radius 3 is 2.30 bits per heavy atom. The number of aromatic nitrogens is 1. The van der Waals surface area contributed by atoms with E-state index in [-0.39, 0.29) is 4.90 Å². The molecule has 4 aromatic rings. The summed E-state index contributed by atoms with van der Waals surface area (Å²) in [6.45, 7) is 2.44. The van der Waals surface area contributed by atoms with Gasteiger partial charge in [-0.15, -0.1) is 15.7 Å². The second kappa shape index (κ2) is 9.74. The molecule has 9 heteroatoms. The monoisotopic (exact) mass is 498 g/mol. The van der Waals surface area contributed by atoms with Crippen LogP contribution in [0.15, 0.2) is 93.5 Å². The zero-order valence-corrected chi connectivity index (χ0v) is 19.9. The summed E-state index contributed by atoms with van der Waals surface area (Å²) in [7, 11) is -3.88. The molecule has 33 heavy (non-hydrogen) atoms. The highest BCUT2D eigenvalue weighted by molar-refractivity contribution is 7.90. The quantitative estimate of drug-likeness (QED) is 0.263. The fourth-order valence-corrected chi connectivity index (χ4v) is 5.45. The van der Waals surface area contributed by atoms with Crippen molar-refractivity contribution in [2.45, 2.75) is 18.4 Å². The fraction of sp³-hybridized carbons (Fsp3) is 0.0833. The summed E-state index contributed by atoms with van der Waals surface area (Å²) < 4.78 is 36.7. The molecule has 0 aliphatic rings. The number of thiazole rings is 1. The predicted octanol–water partition coefficient (Wildman–Crippen LogP) is 5.40. The van der Waals surface area contributed by atoms with E-state index in [1.54, 1.807) is 36.4 Å². The molecule has 1 heterocycles. The van der Waals surface area contributed by atoms with Gasteiger partial charge in [0.25, 0.3) is 10.0 Å². The first-order valence-corrected chi connectivity index (χ1v) is 12.7. The molecule has 168 valence electrons. The number of esters is 1. The molecular weight excluding hydrogens is 480 g/mol. The molecule has 0 amide bonds. The van der Waals surface area contributed by atoms with Gasteiger partial charge in [-0.1, -0.05) is 29.8 Å². The SMILES string of the molecule is CCn1c(-c2ccc(OC(=O)c3ccccc3)cc2)cs/c1=N/S(=O)(=O)c1ccc(Cl)cc1. The Morgan fingerprint density at radius 2 is 1.67 bits per heavy atom. The van der Waals surface area contributed by atoms with E-state index in [0.29, 0.717) is 27.7 Å². The number of sulfonamides is 1. The Labute approximate surface area is 200 Å². The zero-order chi connectivity index (χ0) is 23.4. The summed E-state index contributed by atoms with van der Waals surface area (Å²) in [4.78, 5) is 12.7. The van der Waals surface area contributed by atoms with Gasteiger partial charge in [-0.3, -0.25) is 0 Å². The third kappa shape index (κ3) is 5.24. The second-order valence-corrected chi connectivity index (χ2v) is 9.83. The van der Waals surface area contributed by atoms with Crippen molar-refractivity contribution in [2.75, 3.05) is 0 Å². The van der Waals surface area contributed by atoms with Gasteiger partial charge in [0.05, 0.1) is 16.2 Å². The number of rotatable bonds is 6. The Balaban J connectivity index is 1.61. The molecule has 0 atom stereocenters. The lowest BCUT2D eigenvalue weighted by Crippen LogP contribution is -2.17. The van der Waals surface area contributed by atoms with Crippen LogP contribution in [0.2, 0.25) is 5.02 Å². The van der Waals surface area contributed by atoms with E-state index in [1.807, 2.05) is 35.1 Å². The van der Waals surface area contributed by atoms with Crippen molar-refractivity contribution in [2.24, 2.45) is 4.40 Å². The number of hydrogen-bond acceptors (Lipinski definition) is 5. The molecule has 4 rings (SSSR count). The van der Waals surface area contributed by atoms with Crippen molar-refractivity contribution in [3.05, 3.63) is 99.6 Å². The summed E-state index contributed by atoms with van der Waals surface area (Å²) in [6.07, 6.45) is 0. The normalized spacial score (nSPS) is 12.0. The molecule has 0 aliphatic heterocycles. The number of carbonyl (C=O) groups is 1. The lowest BCUT2D eigenvalue weighted by molar-refractivity contribution is 0.0734. The first-order valence-electron chi connectivity index (χ1n) is 10.00. The van der Waals surface area contributed by atoms with E-state index in [1.165, 1.54) is 35.6 Å². The van der Waals surface area contributed by atoms with Crippen molar-refractivity contribution < 1.29 is 17.9 Å². The summed E-state index contributed by atoms with van der Waals surface area (Å²) in [5.74, 6) is -0.0166. The summed E-state index contributed by atoms with van der Waals surface area (Å²) in [6, 6.07) is 21.7. The fourth-order valence-electron chi connectivity index (χ4n) is 3.14. The van der Waals surface area contributed by atoms with Gasteiger partial charge in [-0.2, -0.15) is 8.42 Å². The van der Waals surface area contributed by atoms with Crippen molar-refractivity contribution >= 4 is 38.9 Å². The first-order chi connectivity index (χ1) is 15.9. The molecular formula is C24H19ClN2O4S2. The average molecular weight is 499 g/mol. The van der Waals surface area contributed by atoms with Gasteiger partial charge in [0.1, 0.15) is 5.75 Å². The van der Waals surface area contributed by atoms with Crippen LogP contribution >= 0.6 is 22.9 Å². The van der Waals surface area contributed by atoms with Gasteiger partial charge < -0.3 is 9.30 Å². The number of hydrogen-bond donors (Lipinski definition) is 0. The Hall–Kier alpha value is -3.20. The Kier molecular flexibility index (Phi) is 6.78. The van der Waals surface area contributed by atoms with Crippen LogP contribution in [0, 0.1) is 0 Å². The van der Waals surface area contributed by atoms with E-state index >= 15 is 0 Å². The number of benzene rings is 3. The zero-order valence-electron chi connectivity index (χ0n) is 17.5. The highest BCUT2D eigenvalue weighted by Gasteiger charge is 2.15. The summed E-state index contributed by atoms with van der Waals surface area (Å²) in [5, 5.41) is 2.30. The van der Waals surface area contributed by atoms with Crippen LogP contribution in [-0.2, 0) is 16.6 Å². The third-order valence-corrected chi connectivity index (χ3v) is 7.31. The maximum Gasteiger partial charge on any atom is 0.343 e. The molecule has 0 N–H and O–H groups in total. The van der Waals surface area contributed by atoms with Crippen LogP contribution in [0.25, 0.3) is 11.3 Å². The largest absolute Gasteiger partial charge is 0.423 e. The molecule has 1 aromatic heterocycles. The van der Waals surface area contributed by atoms with Gasteiger partial charge >= 0.3 is 5.97 Å². The maximum absolute atomic E-state index is 12.7. The number of ether oxygens (including phenoxy) is 1. The van der Waals surface area contributed by atoms with Crippen LogP contribution in [0.3, 0.4) is 0 Å². The Morgan fingerprint density at radius 1 is 1.00 bits per heavy atom. The summed E-state index contributed by atoms with van der Waals surface area (Å²) >= 11 is 7.09. The molecule has 0 bridgehead atoms. The lowest BCUT2D eigenvalue weighted by atomic mass is 10.1. The van der Waals surface area contributed by atoms with Gasteiger partial charge in [0.15, 0.2) is 0 Å². The minimum atomic E-state index is -3.88. The van der Waals surface area contributed by atoms with Crippen LogP contribution in [0.5, 0.6) is 5.75 Å². The molecule has 0 fully saturated rings.